The molecule has 26 heavy (non-hydrogen) atoms. The van der Waals surface area contributed by atoms with Crippen LogP contribution in [-0.2, 0) is 24.9 Å². The van der Waals surface area contributed by atoms with E-state index in [2.05, 4.69) is 15.1 Å². The number of piperazine rings is 1. The summed E-state index contributed by atoms with van der Waals surface area (Å²) in [7, 11) is 1.90. The van der Waals surface area contributed by atoms with Crippen molar-refractivity contribution in [3.8, 4) is 0 Å². The number of aryl methyl sites for hydroxylation is 1. The Morgan fingerprint density at radius 3 is 2.54 bits per heavy atom. The lowest BCUT2D eigenvalue weighted by Crippen LogP contribution is -2.50. The Bertz CT molecular complexity index is 776. The average molecular weight is 361 g/mol. The molecule has 0 radical (unpaired) electrons. The summed E-state index contributed by atoms with van der Waals surface area (Å²) in [5, 5.41) is 18.8. The normalized spacial score (nSPS) is 16.6. The van der Waals surface area contributed by atoms with E-state index in [0.29, 0.717) is 19.6 Å². The second kappa shape index (κ2) is 7.65. The topological polar surface area (TPSA) is 102 Å². The fraction of sp³-hybridized carbons (Fsp3) is 0.562. The average Bonchev–Trinajstić information content (AvgIpc) is 3.24. The first-order valence-electron chi connectivity index (χ1n) is 8.58. The Morgan fingerprint density at radius 1 is 1.23 bits per heavy atom. The van der Waals surface area contributed by atoms with Gasteiger partial charge in [-0.3, -0.25) is 29.2 Å². The maximum atomic E-state index is 12.6. The number of hydrogen-bond donors (Lipinski definition) is 0. The molecule has 0 N–H and O–H groups in total. The van der Waals surface area contributed by atoms with Crippen LogP contribution in [0.4, 0.5) is 5.69 Å². The third-order valence-electron chi connectivity index (χ3n) is 4.56. The van der Waals surface area contributed by atoms with Crippen LogP contribution >= 0.6 is 0 Å². The molecule has 0 spiro atoms. The van der Waals surface area contributed by atoms with Crippen LogP contribution in [0.5, 0.6) is 0 Å². The van der Waals surface area contributed by atoms with Crippen molar-refractivity contribution in [2.75, 3.05) is 26.2 Å². The highest BCUT2D eigenvalue weighted by Gasteiger charge is 2.25. The molecule has 2 aromatic heterocycles. The van der Waals surface area contributed by atoms with Crippen molar-refractivity contribution < 1.29 is 9.72 Å². The lowest BCUT2D eigenvalue weighted by molar-refractivity contribution is -0.385. The number of nitro groups is 1. The smallest absolute Gasteiger partial charge is 0.306 e. The number of amides is 1. The molecule has 1 atom stereocenters. The first-order chi connectivity index (χ1) is 12.4. The van der Waals surface area contributed by atoms with Gasteiger partial charge < -0.3 is 4.90 Å². The minimum absolute atomic E-state index is 0.0594. The lowest BCUT2D eigenvalue weighted by atomic mass is 10.1. The van der Waals surface area contributed by atoms with Crippen molar-refractivity contribution >= 4 is 11.6 Å². The van der Waals surface area contributed by atoms with E-state index in [1.165, 1.54) is 22.6 Å². The van der Waals surface area contributed by atoms with Gasteiger partial charge in [0.05, 0.1) is 23.6 Å². The summed E-state index contributed by atoms with van der Waals surface area (Å²) in [5.41, 5.74) is 1.11. The van der Waals surface area contributed by atoms with Gasteiger partial charge in [-0.25, -0.2) is 0 Å². The Hall–Kier alpha value is -2.75. The second-order valence-electron chi connectivity index (χ2n) is 6.70. The number of rotatable bonds is 6. The number of hydrogen-bond acceptors (Lipinski definition) is 6. The monoisotopic (exact) mass is 361 g/mol. The fourth-order valence-electron chi connectivity index (χ4n) is 3.16. The van der Waals surface area contributed by atoms with E-state index in [0.717, 1.165) is 19.6 Å². The second-order valence-corrected chi connectivity index (χ2v) is 6.70. The van der Waals surface area contributed by atoms with Crippen LogP contribution in [0.25, 0.3) is 0 Å². The van der Waals surface area contributed by atoms with Gasteiger partial charge in [-0.1, -0.05) is 6.92 Å². The molecular formula is C16H23N7O3. The van der Waals surface area contributed by atoms with Crippen molar-refractivity contribution in [2.45, 2.75) is 20.0 Å². The Kier molecular flexibility index (Phi) is 5.31. The standard InChI is InChI=1S/C16H23N7O3/c1-13(9-22-12-15(8-18-22)23(25)26)16(24)21-5-3-20(4-6-21)11-14-7-17-19(2)10-14/h7-8,10,12-13H,3-6,9,11H2,1-2H3. The molecule has 1 aliphatic heterocycles. The minimum Gasteiger partial charge on any atom is -0.340 e. The highest BCUT2D eigenvalue weighted by molar-refractivity contribution is 5.78. The van der Waals surface area contributed by atoms with Crippen molar-refractivity contribution in [1.82, 2.24) is 29.4 Å². The van der Waals surface area contributed by atoms with Crippen molar-refractivity contribution in [1.29, 1.82) is 0 Å². The molecule has 0 aliphatic carbocycles. The van der Waals surface area contributed by atoms with Crippen LogP contribution in [0.2, 0.25) is 0 Å². The van der Waals surface area contributed by atoms with E-state index in [1.54, 1.807) is 4.68 Å². The molecule has 0 aromatic carbocycles. The summed E-state index contributed by atoms with van der Waals surface area (Å²) in [6, 6.07) is 0. The predicted octanol–water partition coefficient (Wildman–Crippen LogP) is 0.505. The molecule has 1 aliphatic rings. The highest BCUT2D eigenvalue weighted by Crippen LogP contribution is 2.14. The van der Waals surface area contributed by atoms with Crippen LogP contribution < -0.4 is 0 Å². The summed E-state index contributed by atoms with van der Waals surface area (Å²) >= 11 is 0. The molecule has 1 amide bonds. The van der Waals surface area contributed by atoms with Gasteiger partial charge in [-0.2, -0.15) is 10.2 Å². The molecule has 0 saturated carbocycles. The largest absolute Gasteiger partial charge is 0.340 e. The molecule has 10 nitrogen and oxygen atoms in total. The molecule has 140 valence electrons. The maximum absolute atomic E-state index is 12.6. The van der Waals surface area contributed by atoms with E-state index >= 15 is 0 Å². The molecule has 1 unspecified atom stereocenters. The van der Waals surface area contributed by atoms with E-state index in [1.807, 2.05) is 31.3 Å². The van der Waals surface area contributed by atoms with Crippen molar-refractivity contribution in [3.05, 3.63) is 40.5 Å². The summed E-state index contributed by atoms with van der Waals surface area (Å²) < 4.78 is 3.25. The van der Waals surface area contributed by atoms with Gasteiger partial charge in [0.25, 0.3) is 0 Å². The Balaban J connectivity index is 1.48. The van der Waals surface area contributed by atoms with Crippen molar-refractivity contribution in [3.63, 3.8) is 0 Å². The SMILES string of the molecule is CC(Cn1cc([N+](=O)[O-])cn1)C(=O)N1CCN(Cc2cnn(C)c2)CC1. The summed E-state index contributed by atoms with van der Waals surface area (Å²) in [4.78, 5) is 27.0. The molecule has 1 fully saturated rings. The molecular weight excluding hydrogens is 338 g/mol. The van der Waals surface area contributed by atoms with Crippen LogP contribution in [0, 0.1) is 16.0 Å². The minimum atomic E-state index is -0.489. The van der Waals surface area contributed by atoms with Gasteiger partial charge in [0.15, 0.2) is 0 Å². The van der Waals surface area contributed by atoms with Gasteiger partial charge in [-0.05, 0) is 0 Å². The molecule has 0 bridgehead atoms. The van der Waals surface area contributed by atoms with Crippen LogP contribution in [0.1, 0.15) is 12.5 Å². The maximum Gasteiger partial charge on any atom is 0.306 e. The summed E-state index contributed by atoms with van der Waals surface area (Å²) in [5.74, 6) is -0.219. The number of aromatic nitrogens is 4. The van der Waals surface area contributed by atoms with Crippen LogP contribution in [0.3, 0.4) is 0 Å². The third-order valence-corrected chi connectivity index (χ3v) is 4.56. The quantitative estimate of drug-likeness (QED) is 0.548. The van der Waals surface area contributed by atoms with Gasteiger partial charge in [-0.15, -0.1) is 0 Å². The molecule has 2 aromatic rings. The molecule has 3 rings (SSSR count). The molecule has 1 saturated heterocycles. The number of carbonyl (C=O) groups excluding carboxylic acids is 1. The first-order valence-corrected chi connectivity index (χ1v) is 8.58. The summed E-state index contributed by atoms with van der Waals surface area (Å²) in [6.07, 6.45) is 6.43. The first kappa shape index (κ1) is 18.1. The van der Waals surface area contributed by atoms with E-state index < -0.39 is 4.92 Å². The fourth-order valence-corrected chi connectivity index (χ4v) is 3.16. The third kappa shape index (κ3) is 4.26. The zero-order valence-corrected chi connectivity index (χ0v) is 15.0. The Labute approximate surface area is 151 Å². The van der Waals surface area contributed by atoms with Gasteiger partial charge in [0.1, 0.15) is 12.4 Å². The number of carbonyl (C=O) groups is 1. The predicted molar refractivity (Wildman–Crippen MR) is 93.1 cm³/mol. The summed E-state index contributed by atoms with van der Waals surface area (Å²) in [6.45, 7) is 6.01. The zero-order valence-electron chi connectivity index (χ0n) is 15.0. The number of nitrogens with zero attached hydrogens (tertiary/aromatic N) is 7. The zero-order chi connectivity index (χ0) is 18.7. The molecule has 10 heteroatoms. The van der Waals surface area contributed by atoms with Gasteiger partial charge >= 0.3 is 5.69 Å². The molecule has 3 heterocycles. The lowest BCUT2D eigenvalue weighted by Gasteiger charge is -2.35. The van der Waals surface area contributed by atoms with E-state index in [4.69, 9.17) is 0 Å². The van der Waals surface area contributed by atoms with Gasteiger partial charge in [0.2, 0.25) is 5.91 Å². The van der Waals surface area contributed by atoms with Crippen molar-refractivity contribution in [2.24, 2.45) is 13.0 Å². The van der Waals surface area contributed by atoms with E-state index in [9.17, 15) is 14.9 Å². The van der Waals surface area contributed by atoms with Crippen LogP contribution in [-0.4, -0.2) is 66.4 Å². The Morgan fingerprint density at radius 2 is 1.96 bits per heavy atom. The van der Waals surface area contributed by atoms with Gasteiger partial charge in [0, 0.05) is 51.5 Å². The van der Waals surface area contributed by atoms with E-state index in [-0.39, 0.29) is 17.5 Å². The van der Waals surface area contributed by atoms with Crippen LogP contribution in [0.15, 0.2) is 24.8 Å². The highest BCUT2D eigenvalue weighted by atomic mass is 16.6.